The summed E-state index contributed by atoms with van der Waals surface area (Å²) in [6.07, 6.45) is 0. The van der Waals surface area contributed by atoms with Crippen LogP contribution in [0.3, 0.4) is 0 Å². The van der Waals surface area contributed by atoms with E-state index in [1.807, 2.05) is 13.1 Å². The molecule has 0 saturated carbocycles. The Morgan fingerprint density at radius 2 is 1.41 bits per heavy atom. The Morgan fingerprint density at radius 1 is 0.889 bits per heavy atom. The zero-order valence-electron chi connectivity index (χ0n) is 16.7. The number of likely N-dealkylation sites (N-methyl/N-ethyl adjacent to an activating group) is 1. The maximum atomic E-state index is 12.8. The molecule has 2 aliphatic rings. The van der Waals surface area contributed by atoms with Crippen LogP contribution in [-0.2, 0) is 10.2 Å². The van der Waals surface area contributed by atoms with E-state index in [1.54, 1.807) is 8.61 Å². The number of nitrogens with zero attached hydrogens (tertiary/aromatic N) is 4. The van der Waals surface area contributed by atoms with E-state index in [-0.39, 0.29) is 0 Å². The van der Waals surface area contributed by atoms with Crippen molar-refractivity contribution in [2.45, 2.75) is 13.8 Å². The molecule has 1 aromatic rings. The Labute approximate surface area is 163 Å². The van der Waals surface area contributed by atoms with Crippen molar-refractivity contribution in [3.63, 3.8) is 0 Å². The van der Waals surface area contributed by atoms with Crippen LogP contribution in [0.2, 0.25) is 0 Å². The summed E-state index contributed by atoms with van der Waals surface area (Å²) in [6.45, 7) is 10.9. The van der Waals surface area contributed by atoms with Gasteiger partial charge in [0.25, 0.3) is 10.2 Å². The first-order chi connectivity index (χ1) is 12.9. The quantitative estimate of drug-likeness (QED) is 0.712. The summed E-state index contributed by atoms with van der Waals surface area (Å²) in [7, 11) is -1.29. The molecule has 0 bridgehead atoms. The number of para-hydroxylation sites is 1. The normalized spacial score (nSPS) is 21.4. The molecule has 27 heavy (non-hydrogen) atoms. The summed E-state index contributed by atoms with van der Waals surface area (Å²) < 4.78 is 34.9. The van der Waals surface area contributed by atoms with Crippen LogP contribution in [-0.4, -0.2) is 99.4 Å². The van der Waals surface area contributed by atoms with Crippen molar-refractivity contribution < 1.29 is 13.2 Å². The summed E-state index contributed by atoms with van der Waals surface area (Å²) in [5.41, 5.74) is 2.30. The van der Waals surface area contributed by atoms with Crippen LogP contribution < -0.4 is 4.74 Å². The molecular weight excluding hydrogens is 364 g/mol. The molecule has 2 saturated heterocycles. The number of rotatable bonds is 6. The van der Waals surface area contributed by atoms with Crippen molar-refractivity contribution >= 4 is 10.2 Å². The average molecular weight is 397 g/mol. The third kappa shape index (κ3) is 5.00. The first-order valence-electron chi connectivity index (χ1n) is 9.73. The summed E-state index contributed by atoms with van der Waals surface area (Å²) in [5.74, 6) is 0.966. The van der Waals surface area contributed by atoms with E-state index in [0.717, 1.165) is 49.6 Å². The number of hydrogen-bond acceptors (Lipinski definition) is 5. The zero-order valence-corrected chi connectivity index (χ0v) is 17.5. The molecule has 0 aromatic heterocycles. The van der Waals surface area contributed by atoms with Crippen LogP contribution in [0.5, 0.6) is 5.75 Å². The Morgan fingerprint density at radius 3 is 1.96 bits per heavy atom. The molecular formula is C19H32N4O3S. The molecule has 3 rings (SSSR count). The fourth-order valence-electron chi connectivity index (χ4n) is 3.67. The second-order valence-electron chi connectivity index (χ2n) is 7.52. The molecule has 0 atom stereocenters. The molecule has 0 spiro atoms. The van der Waals surface area contributed by atoms with E-state index in [0.29, 0.717) is 32.8 Å². The lowest BCUT2D eigenvalue weighted by Gasteiger charge is -2.39. The van der Waals surface area contributed by atoms with E-state index in [2.05, 4.69) is 35.8 Å². The summed E-state index contributed by atoms with van der Waals surface area (Å²) in [6, 6.07) is 6.16. The van der Waals surface area contributed by atoms with Gasteiger partial charge in [-0.05, 0) is 32.0 Å². The molecule has 0 aliphatic carbocycles. The van der Waals surface area contributed by atoms with E-state index in [1.165, 1.54) is 0 Å². The van der Waals surface area contributed by atoms with Gasteiger partial charge in [0.1, 0.15) is 12.4 Å². The second-order valence-corrected chi connectivity index (χ2v) is 9.45. The number of piperazine rings is 2. The fraction of sp³-hybridized carbons (Fsp3) is 0.684. The van der Waals surface area contributed by atoms with Crippen LogP contribution in [0.15, 0.2) is 18.2 Å². The molecule has 2 fully saturated rings. The lowest BCUT2D eigenvalue weighted by Crippen LogP contribution is -2.56. The molecule has 2 aliphatic heterocycles. The SMILES string of the molecule is Cc1cccc(C)c1OCCN1CCN(S(=O)(=O)N2CCN(C)CC2)CC1. The van der Waals surface area contributed by atoms with Crippen molar-refractivity contribution in [2.75, 3.05) is 72.6 Å². The Kier molecular flexibility index (Phi) is 6.75. The molecule has 0 unspecified atom stereocenters. The van der Waals surface area contributed by atoms with Crippen molar-refractivity contribution in [3.05, 3.63) is 29.3 Å². The van der Waals surface area contributed by atoms with Crippen molar-refractivity contribution in [1.82, 2.24) is 18.4 Å². The molecule has 7 nitrogen and oxygen atoms in total. The molecule has 0 radical (unpaired) electrons. The van der Waals surface area contributed by atoms with Crippen molar-refractivity contribution in [1.29, 1.82) is 0 Å². The number of aryl methyl sites for hydroxylation is 2. The number of hydrogen-bond donors (Lipinski definition) is 0. The third-order valence-corrected chi connectivity index (χ3v) is 7.54. The minimum atomic E-state index is -3.32. The Balaban J connectivity index is 1.45. The first-order valence-corrected chi connectivity index (χ1v) is 11.1. The molecule has 0 amide bonds. The number of ether oxygens (including phenoxy) is 1. The van der Waals surface area contributed by atoms with Gasteiger partial charge in [0.2, 0.25) is 0 Å². The monoisotopic (exact) mass is 396 g/mol. The summed E-state index contributed by atoms with van der Waals surface area (Å²) in [4.78, 5) is 4.45. The molecule has 8 heteroatoms. The van der Waals surface area contributed by atoms with Gasteiger partial charge in [-0.1, -0.05) is 18.2 Å². The predicted molar refractivity (Wildman–Crippen MR) is 107 cm³/mol. The van der Waals surface area contributed by atoms with Gasteiger partial charge < -0.3 is 9.64 Å². The summed E-state index contributed by atoms with van der Waals surface area (Å²) >= 11 is 0. The van der Waals surface area contributed by atoms with Gasteiger partial charge >= 0.3 is 0 Å². The van der Waals surface area contributed by atoms with Gasteiger partial charge in [-0.3, -0.25) is 4.90 Å². The highest BCUT2D eigenvalue weighted by Crippen LogP contribution is 2.22. The van der Waals surface area contributed by atoms with E-state index in [9.17, 15) is 8.42 Å². The van der Waals surface area contributed by atoms with E-state index >= 15 is 0 Å². The van der Waals surface area contributed by atoms with Gasteiger partial charge in [-0.25, -0.2) is 0 Å². The van der Waals surface area contributed by atoms with Crippen LogP contribution >= 0.6 is 0 Å². The molecule has 2 heterocycles. The van der Waals surface area contributed by atoms with Gasteiger partial charge in [0.05, 0.1) is 0 Å². The second kappa shape index (κ2) is 8.87. The predicted octanol–water partition coefficient (Wildman–Crippen LogP) is 0.792. The lowest BCUT2D eigenvalue weighted by molar-refractivity contribution is 0.149. The highest BCUT2D eigenvalue weighted by molar-refractivity contribution is 7.86. The summed E-state index contributed by atoms with van der Waals surface area (Å²) in [5, 5.41) is 0. The topological polar surface area (TPSA) is 56.3 Å². The van der Waals surface area contributed by atoms with Gasteiger partial charge in [-0.2, -0.15) is 17.0 Å². The molecule has 0 N–H and O–H groups in total. The smallest absolute Gasteiger partial charge is 0.282 e. The van der Waals surface area contributed by atoms with E-state index < -0.39 is 10.2 Å². The average Bonchev–Trinajstić information content (AvgIpc) is 2.65. The standard InChI is InChI=1S/C19H32N4O3S/c1-17-5-4-6-18(2)19(17)26-16-15-21-9-13-23(14-10-21)27(24,25)22-11-7-20(3)8-12-22/h4-6H,7-16H2,1-3H3. The fourth-order valence-corrected chi connectivity index (χ4v) is 5.25. The van der Waals surface area contributed by atoms with Crippen LogP contribution in [0, 0.1) is 13.8 Å². The highest BCUT2D eigenvalue weighted by atomic mass is 32.2. The largest absolute Gasteiger partial charge is 0.492 e. The maximum absolute atomic E-state index is 12.8. The van der Waals surface area contributed by atoms with Gasteiger partial charge in [0.15, 0.2) is 0 Å². The van der Waals surface area contributed by atoms with Crippen LogP contribution in [0.4, 0.5) is 0 Å². The van der Waals surface area contributed by atoms with Crippen LogP contribution in [0.25, 0.3) is 0 Å². The van der Waals surface area contributed by atoms with Crippen molar-refractivity contribution in [3.8, 4) is 5.75 Å². The van der Waals surface area contributed by atoms with Gasteiger partial charge in [-0.15, -0.1) is 0 Å². The van der Waals surface area contributed by atoms with Crippen LogP contribution in [0.1, 0.15) is 11.1 Å². The number of benzene rings is 1. The van der Waals surface area contributed by atoms with Gasteiger partial charge in [0, 0.05) is 58.9 Å². The Bertz CT molecular complexity index is 704. The molecule has 152 valence electrons. The Hall–Kier alpha value is -1.19. The lowest BCUT2D eigenvalue weighted by atomic mass is 10.1. The highest BCUT2D eigenvalue weighted by Gasteiger charge is 2.33. The maximum Gasteiger partial charge on any atom is 0.282 e. The van der Waals surface area contributed by atoms with E-state index in [4.69, 9.17) is 4.74 Å². The minimum Gasteiger partial charge on any atom is -0.492 e. The minimum absolute atomic E-state index is 0.554. The molecule has 1 aromatic carbocycles. The first kappa shape index (κ1) is 20.5. The van der Waals surface area contributed by atoms with Crippen molar-refractivity contribution in [2.24, 2.45) is 0 Å². The zero-order chi connectivity index (χ0) is 19.4. The third-order valence-electron chi connectivity index (χ3n) is 5.51.